The van der Waals surface area contributed by atoms with E-state index in [4.69, 9.17) is 0 Å². The zero-order chi connectivity index (χ0) is 31.6. The van der Waals surface area contributed by atoms with Crippen molar-refractivity contribution >= 4 is 34.8 Å². The summed E-state index contributed by atoms with van der Waals surface area (Å²) in [6, 6.07) is 27.0. The van der Waals surface area contributed by atoms with Gasteiger partial charge in [0.25, 0.3) is 0 Å². The number of rotatable bonds is 7. The zero-order valence-corrected chi connectivity index (χ0v) is 25.3. The van der Waals surface area contributed by atoms with E-state index in [0.29, 0.717) is 6.42 Å². The number of allylic oxidation sites excluding steroid dienone is 2. The summed E-state index contributed by atoms with van der Waals surface area (Å²) in [6.45, 7) is 2.18. The second kappa shape index (κ2) is 10.7. The first-order chi connectivity index (χ1) is 22.5. The number of carbonyl (C=O) groups excluding carboxylic acids is 4. The van der Waals surface area contributed by atoms with Gasteiger partial charge in [0.2, 0.25) is 23.6 Å². The Morgan fingerprint density at radius 1 is 0.587 bits per heavy atom. The van der Waals surface area contributed by atoms with Crippen molar-refractivity contribution in [1.29, 1.82) is 0 Å². The summed E-state index contributed by atoms with van der Waals surface area (Å²) in [5, 5.41) is 0. The van der Waals surface area contributed by atoms with Gasteiger partial charge in [-0.1, -0.05) is 79.7 Å². The van der Waals surface area contributed by atoms with Crippen molar-refractivity contribution in [2.24, 2.45) is 35.0 Å². The summed E-state index contributed by atoms with van der Waals surface area (Å²) in [6.07, 6.45) is 7.03. The van der Waals surface area contributed by atoms with Crippen LogP contribution < -0.4 is 0 Å². The van der Waals surface area contributed by atoms with Gasteiger partial charge in [-0.3, -0.25) is 38.9 Å². The van der Waals surface area contributed by atoms with Crippen LogP contribution in [0.3, 0.4) is 0 Å². The molecule has 3 fully saturated rings. The molecule has 8 heteroatoms. The van der Waals surface area contributed by atoms with Crippen LogP contribution in [0.5, 0.6) is 0 Å². The maximum atomic E-state index is 14.7. The molecule has 2 saturated heterocycles. The van der Waals surface area contributed by atoms with E-state index in [2.05, 4.69) is 9.97 Å². The fourth-order valence-corrected chi connectivity index (χ4v) is 9.07. The van der Waals surface area contributed by atoms with E-state index < -0.39 is 35.0 Å². The second-order valence-electron chi connectivity index (χ2n) is 12.7. The van der Waals surface area contributed by atoms with Crippen LogP contribution in [0.25, 0.3) is 11.1 Å². The van der Waals surface area contributed by atoms with Crippen molar-refractivity contribution in [3.63, 3.8) is 0 Å². The number of hydrogen-bond donors (Lipinski definition) is 0. The average molecular weight is 609 g/mol. The molecule has 0 radical (unpaired) electrons. The Hall–Kier alpha value is -5.24. The van der Waals surface area contributed by atoms with Crippen molar-refractivity contribution in [2.45, 2.75) is 26.4 Å². The third-order valence-electron chi connectivity index (χ3n) is 10.7. The fraction of sp³-hybridized carbons (Fsp3) is 0.263. The van der Waals surface area contributed by atoms with Gasteiger partial charge in [-0.2, -0.15) is 0 Å². The van der Waals surface area contributed by atoms with Crippen LogP contribution >= 0.6 is 0 Å². The van der Waals surface area contributed by atoms with Crippen LogP contribution in [0, 0.1) is 35.0 Å². The minimum atomic E-state index is -1.09. The number of nitrogens with zero attached hydrogens (tertiary/aromatic N) is 4. The van der Waals surface area contributed by atoms with E-state index in [1.54, 1.807) is 36.9 Å². The van der Waals surface area contributed by atoms with Gasteiger partial charge in [-0.15, -0.1) is 0 Å². The van der Waals surface area contributed by atoms with Crippen LogP contribution in [-0.4, -0.2) is 43.4 Å². The zero-order valence-electron chi connectivity index (χ0n) is 25.3. The Kier molecular flexibility index (Phi) is 6.56. The van der Waals surface area contributed by atoms with Crippen LogP contribution in [0.2, 0.25) is 0 Å². The molecular formula is C38H32N4O4. The Balaban J connectivity index is 1.37. The number of imide groups is 2. The summed E-state index contributed by atoms with van der Waals surface area (Å²) in [7, 11) is 0. The van der Waals surface area contributed by atoms with Gasteiger partial charge in [0.05, 0.1) is 36.8 Å². The Labute approximate surface area is 266 Å². The number of hydrogen-bond acceptors (Lipinski definition) is 6. The van der Waals surface area contributed by atoms with E-state index in [1.807, 2.05) is 79.7 Å². The average Bonchev–Trinajstić information content (AvgIpc) is 3.51. The van der Waals surface area contributed by atoms with Crippen LogP contribution in [0.15, 0.2) is 110 Å². The van der Waals surface area contributed by atoms with Gasteiger partial charge in [0, 0.05) is 36.1 Å². The molecule has 228 valence electrons. The predicted octanol–water partition coefficient (Wildman–Crippen LogP) is 5.03. The molecule has 2 aromatic heterocycles. The minimum absolute atomic E-state index is 0.0940. The largest absolute Gasteiger partial charge is 0.278 e. The highest BCUT2D eigenvalue weighted by Crippen LogP contribution is 2.73. The lowest BCUT2D eigenvalue weighted by atomic mass is 9.40. The topological polar surface area (TPSA) is 101 Å². The second-order valence-corrected chi connectivity index (χ2v) is 12.7. The third-order valence-corrected chi connectivity index (χ3v) is 10.7. The predicted molar refractivity (Wildman–Crippen MR) is 169 cm³/mol. The van der Waals surface area contributed by atoms with Gasteiger partial charge in [-0.25, -0.2) is 0 Å². The highest BCUT2D eigenvalue weighted by Gasteiger charge is 2.77. The van der Waals surface area contributed by atoms with Crippen molar-refractivity contribution < 1.29 is 19.2 Å². The highest BCUT2D eigenvalue weighted by atomic mass is 16.2. The van der Waals surface area contributed by atoms with Gasteiger partial charge < -0.3 is 0 Å². The molecular weight excluding hydrogens is 576 g/mol. The van der Waals surface area contributed by atoms with Gasteiger partial charge in [0.1, 0.15) is 0 Å². The number of amides is 4. The molecule has 0 spiro atoms. The van der Waals surface area contributed by atoms with Gasteiger partial charge >= 0.3 is 0 Å². The summed E-state index contributed by atoms with van der Waals surface area (Å²) >= 11 is 0. The molecule has 2 aromatic carbocycles. The summed E-state index contributed by atoms with van der Waals surface area (Å²) in [4.78, 5) is 69.8. The molecule has 9 rings (SSSR count). The van der Waals surface area contributed by atoms with E-state index in [9.17, 15) is 19.2 Å². The first-order valence-electron chi connectivity index (χ1n) is 15.8. The van der Waals surface area contributed by atoms with E-state index in [1.165, 1.54) is 9.80 Å². The van der Waals surface area contributed by atoms with Crippen molar-refractivity contribution in [3.8, 4) is 0 Å². The summed E-state index contributed by atoms with van der Waals surface area (Å²) in [5.41, 5.74) is 4.00. The molecule has 8 nitrogen and oxygen atoms in total. The Morgan fingerprint density at radius 3 is 1.50 bits per heavy atom. The SMILES string of the molecule is CCC12C(c3ccccc3)=C(c3ccccc3)C(C3C(=O)N(Cc4cccnc4)C(=O)C31)C1C(=O)N(Cc3cccnc3)C(=O)C12. The van der Waals surface area contributed by atoms with Crippen molar-refractivity contribution in [3.05, 3.63) is 132 Å². The molecule has 4 atom stereocenters. The van der Waals surface area contributed by atoms with E-state index in [0.717, 1.165) is 33.4 Å². The lowest BCUT2D eigenvalue weighted by molar-refractivity contribution is -0.145. The van der Waals surface area contributed by atoms with Crippen LogP contribution in [0.1, 0.15) is 35.6 Å². The number of benzene rings is 2. The maximum Gasteiger partial charge on any atom is 0.234 e. The maximum absolute atomic E-state index is 14.7. The lowest BCUT2D eigenvalue weighted by Crippen LogP contribution is -2.60. The molecule has 4 unspecified atom stereocenters. The normalized spacial score (nSPS) is 28.2. The van der Waals surface area contributed by atoms with Gasteiger partial charge in [-0.05, 0) is 52.0 Å². The molecule has 2 aliphatic heterocycles. The standard InChI is InChI=1S/C38H32N4O4/c1-2-38-31(26-15-7-4-8-16-26)27(25-13-5-3-6-14-25)28(29-32(38)36(45)41(34(29)43)21-23-11-9-17-39-19-23)30-33(38)37(46)42(35(30)44)22-24-12-10-18-40-20-24/h3-20,28-30,32-33H,2,21-22H2,1H3. The first-order valence-corrected chi connectivity index (χ1v) is 15.8. The summed E-state index contributed by atoms with van der Waals surface area (Å²) in [5.74, 6) is -4.92. The monoisotopic (exact) mass is 608 g/mol. The van der Waals surface area contributed by atoms with Crippen molar-refractivity contribution in [2.75, 3.05) is 0 Å². The molecule has 4 amide bonds. The van der Waals surface area contributed by atoms with E-state index >= 15 is 0 Å². The van der Waals surface area contributed by atoms with Crippen LogP contribution in [-0.2, 0) is 32.3 Å². The molecule has 4 aromatic rings. The van der Waals surface area contributed by atoms with Crippen molar-refractivity contribution in [1.82, 2.24) is 19.8 Å². The fourth-order valence-electron chi connectivity index (χ4n) is 9.07. The molecule has 3 aliphatic carbocycles. The molecule has 5 aliphatic rings. The van der Waals surface area contributed by atoms with E-state index in [-0.39, 0.29) is 36.7 Å². The molecule has 0 N–H and O–H groups in total. The molecule has 4 heterocycles. The Bertz CT molecular complexity index is 1810. The molecule has 2 bridgehead atoms. The van der Waals surface area contributed by atoms with Gasteiger partial charge in [0.15, 0.2) is 0 Å². The number of pyridine rings is 2. The quantitative estimate of drug-likeness (QED) is 0.273. The number of likely N-dealkylation sites (tertiary alicyclic amines) is 2. The van der Waals surface area contributed by atoms with Crippen LogP contribution in [0.4, 0.5) is 0 Å². The number of aromatic nitrogens is 2. The minimum Gasteiger partial charge on any atom is -0.278 e. The molecule has 46 heavy (non-hydrogen) atoms. The highest BCUT2D eigenvalue weighted by molar-refractivity contribution is 6.17. The number of carbonyl (C=O) groups is 4. The lowest BCUT2D eigenvalue weighted by Gasteiger charge is -2.59. The molecule has 1 saturated carbocycles. The third kappa shape index (κ3) is 3.85. The summed E-state index contributed by atoms with van der Waals surface area (Å²) < 4.78 is 0. The Morgan fingerprint density at radius 2 is 1.07 bits per heavy atom. The first kappa shape index (κ1) is 28.2. The smallest absolute Gasteiger partial charge is 0.234 e.